The summed E-state index contributed by atoms with van der Waals surface area (Å²) in [7, 11) is 0. The van der Waals surface area contributed by atoms with Crippen molar-refractivity contribution >= 4 is 28.6 Å². The molecule has 0 fully saturated rings. The van der Waals surface area contributed by atoms with Gasteiger partial charge in [0, 0.05) is 11.9 Å². The van der Waals surface area contributed by atoms with E-state index in [4.69, 9.17) is 16.9 Å². The number of H-pyrrole nitrogens is 1. The van der Waals surface area contributed by atoms with E-state index in [1.165, 1.54) is 18.6 Å². The van der Waals surface area contributed by atoms with E-state index in [-0.39, 0.29) is 17.2 Å². The third-order valence-corrected chi connectivity index (χ3v) is 2.36. The number of hydrogen-bond acceptors (Lipinski definition) is 6. The monoisotopic (exact) mass is 259 g/mol. The number of nitrogens with one attached hydrogen (secondary N) is 3. The highest BCUT2D eigenvalue weighted by Gasteiger charge is 2.16. The van der Waals surface area contributed by atoms with Gasteiger partial charge in [0.25, 0.3) is 5.91 Å². The van der Waals surface area contributed by atoms with Crippen LogP contribution in [0, 0.1) is 5.41 Å². The molecule has 0 unspecified atom stereocenters. The first-order valence-corrected chi connectivity index (χ1v) is 5.40. The first-order valence-electron chi connectivity index (χ1n) is 5.40. The van der Waals surface area contributed by atoms with Crippen molar-refractivity contribution in [2.24, 2.45) is 5.73 Å². The Hall–Kier alpha value is -2.90. The number of amidine groups is 1. The van der Waals surface area contributed by atoms with Crippen LogP contribution in [0.15, 0.2) is 24.3 Å². The molecule has 2 aromatic heterocycles. The topological polar surface area (TPSA) is 147 Å². The van der Waals surface area contributed by atoms with E-state index in [1.807, 2.05) is 0 Å². The molecule has 0 aliphatic rings. The highest BCUT2D eigenvalue weighted by atomic mass is 16.1. The molecule has 0 aliphatic heterocycles. The summed E-state index contributed by atoms with van der Waals surface area (Å²) < 4.78 is 0. The van der Waals surface area contributed by atoms with E-state index in [1.54, 1.807) is 6.92 Å². The Morgan fingerprint density at radius 2 is 2.26 bits per heavy atom. The summed E-state index contributed by atoms with van der Waals surface area (Å²) in [6.07, 6.45) is 4.11. The molecule has 19 heavy (non-hydrogen) atoms. The smallest absolute Gasteiger partial charge is 0.259 e. The predicted molar refractivity (Wildman–Crippen MR) is 71.4 cm³/mol. The molecular formula is C11H13N7O. The van der Waals surface area contributed by atoms with Crippen molar-refractivity contribution in [3.63, 3.8) is 0 Å². The summed E-state index contributed by atoms with van der Waals surface area (Å²) in [5.74, 6) is -0.376. The summed E-state index contributed by atoms with van der Waals surface area (Å²) in [6.45, 7) is 1.62. The molecule has 0 atom stereocenters. The summed E-state index contributed by atoms with van der Waals surface area (Å²) in [5.41, 5.74) is 12.3. The van der Waals surface area contributed by atoms with Crippen LogP contribution in [0.1, 0.15) is 17.3 Å². The standard InChI is InChI=1S/C11H13N7O/c1-5(12)2-7(13)18-11(19)6-3-15-10-8(6)9(14)16-4-17-10/h2-4H,12H2,1H3,(H2,13,18,19)(H3,14,15,16,17)/b5-2-. The Bertz CT molecular complexity index is 681. The molecule has 0 saturated carbocycles. The van der Waals surface area contributed by atoms with E-state index in [0.717, 1.165) is 0 Å². The maximum atomic E-state index is 12.0. The highest BCUT2D eigenvalue weighted by molar-refractivity contribution is 6.15. The van der Waals surface area contributed by atoms with Gasteiger partial charge in [-0.05, 0) is 13.0 Å². The highest BCUT2D eigenvalue weighted by Crippen LogP contribution is 2.20. The lowest BCUT2D eigenvalue weighted by Gasteiger charge is -2.03. The molecule has 0 bridgehead atoms. The largest absolute Gasteiger partial charge is 0.402 e. The summed E-state index contributed by atoms with van der Waals surface area (Å²) >= 11 is 0. The van der Waals surface area contributed by atoms with Gasteiger partial charge in [-0.15, -0.1) is 0 Å². The van der Waals surface area contributed by atoms with Gasteiger partial charge in [0.1, 0.15) is 23.6 Å². The van der Waals surface area contributed by atoms with Crippen molar-refractivity contribution < 1.29 is 4.79 Å². The number of amides is 1. The lowest BCUT2D eigenvalue weighted by molar-refractivity contribution is 0.0979. The van der Waals surface area contributed by atoms with Crippen molar-refractivity contribution in [1.82, 2.24) is 20.3 Å². The number of aromatic amines is 1. The van der Waals surface area contributed by atoms with Crippen LogP contribution in [0.2, 0.25) is 0 Å². The first kappa shape index (κ1) is 12.6. The molecule has 1 amide bonds. The van der Waals surface area contributed by atoms with Crippen LogP contribution in [0.4, 0.5) is 5.82 Å². The van der Waals surface area contributed by atoms with Crippen molar-refractivity contribution in [2.75, 3.05) is 5.73 Å². The Kier molecular flexibility index (Phi) is 3.15. The normalized spacial score (nSPS) is 11.5. The van der Waals surface area contributed by atoms with Crippen LogP contribution < -0.4 is 16.8 Å². The quantitative estimate of drug-likeness (QED) is 0.383. The number of anilines is 1. The van der Waals surface area contributed by atoms with Crippen molar-refractivity contribution in [3.8, 4) is 0 Å². The molecule has 8 heteroatoms. The zero-order valence-electron chi connectivity index (χ0n) is 10.2. The lowest BCUT2D eigenvalue weighted by atomic mass is 10.2. The van der Waals surface area contributed by atoms with Crippen LogP contribution in [0.3, 0.4) is 0 Å². The Morgan fingerprint density at radius 3 is 2.95 bits per heavy atom. The minimum Gasteiger partial charge on any atom is -0.402 e. The minimum absolute atomic E-state index is 0.102. The maximum Gasteiger partial charge on any atom is 0.259 e. The number of aromatic nitrogens is 3. The van der Waals surface area contributed by atoms with Crippen molar-refractivity contribution in [1.29, 1.82) is 5.41 Å². The van der Waals surface area contributed by atoms with Crippen molar-refractivity contribution in [3.05, 3.63) is 29.9 Å². The summed E-state index contributed by atoms with van der Waals surface area (Å²) in [4.78, 5) is 22.6. The molecule has 7 N–H and O–H groups in total. The number of nitrogens with zero attached hydrogens (tertiary/aromatic N) is 2. The van der Waals surface area contributed by atoms with E-state index in [0.29, 0.717) is 16.7 Å². The number of carbonyl (C=O) groups excluding carboxylic acids is 1. The molecule has 0 radical (unpaired) electrons. The lowest BCUT2D eigenvalue weighted by Crippen LogP contribution is -2.28. The average Bonchev–Trinajstić information content (AvgIpc) is 2.72. The van der Waals surface area contributed by atoms with Gasteiger partial charge in [0.05, 0.1) is 10.9 Å². The average molecular weight is 259 g/mol. The maximum absolute atomic E-state index is 12.0. The first-order chi connectivity index (χ1) is 8.99. The fraction of sp³-hybridized carbons (Fsp3) is 0.0909. The number of hydrogen-bond donors (Lipinski definition) is 5. The zero-order chi connectivity index (χ0) is 14.0. The molecule has 0 saturated heterocycles. The number of carbonyl (C=O) groups is 1. The number of fused-ring (bicyclic) bond motifs is 1. The van der Waals surface area contributed by atoms with Crippen LogP contribution in [0.5, 0.6) is 0 Å². The van der Waals surface area contributed by atoms with E-state index < -0.39 is 5.91 Å². The van der Waals surface area contributed by atoms with Crippen LogP contribution >= 0.6 is 0 Å². The van der Waals surface area contributed by atoms with E-state index >= 15 is 0 Å². The fourth-order valence-electron chi connectivity index (χ4n) is 1.62. The predicted octanol–water partition coefficient (Wildman–Crippen LogP) is 0.110. The Balaban J connectivity index is 2.33. The second kappa shape index (κ2) is 4.77. The van der Waals surface area contributed by atoms with Gasteiger partial charge in [-0.25, -0.2) is 9.97 Å². The van der Waals surface area contributed by atoms with Crippen molar-refractivity contribution in [2.45, 2.75) is 6.92 Å². The molecule has 0 spiro atoms. The molecule has 2 aromatic rings. The van der Waals surface area contributed by atoms with Gasteiger partial charge in [0.15, 0.2) is 0 Å². The summed E-state index contributed by atoms with van der Waals surface area (Å²) in [5, 5.41) is 10.4. The van der Waals surface area contributed by atoms with Gasteiger partial charge >= 0.3 is 0 Å². The third kappa shape index (κ3) is 2.51. The van der Waals surface area contributed by atoms with E-state index in [9.17, 15) is 4.79 Å². The second-order valence-corrected chi connectivity index (χ2v) is 3.94. The molecular weight excluding hydrogens is 246 g/mol. The third-order valence-electron chi connectivity index (χ3n) is 2.36. The van der Waals surface area contributed by atoms with Crippen LogP contribution in [-0.4, -0.2) is 26.7 Å². The number of rotatable bonds is 2. The SMILES string of the molecule is C/C(N)=C/C(=N)NC(=O)c1c[nH]c2ncnc(N)c12. The molecule has 2 rings (SSSR count). The Morgan fingerprint density at radius 1 is 1.53 bits per heavy atom. The zero-order valence-corrected chi connectivity index (χ0v) is 10.2. The van der Waals surface area contributed by atoms with E-state index in [2.05, 4.69) is 20.3 Å². The molecule has 8 nitrogen and oxygen atoms in total. The van der Waals surface area contributed by atoms with Gasteiger partial charge in [-0.2, -0.15) is 0 Å². The molecule has 0 aromatic carbocycles. The number of allylic oxidation sites excluding steroid dienone is 1. The summed E-state index contributed by atoms with van der Waals surface area (Å²) in [6, 6.07) is 0. The molecule has 0 aliphatic carbocycles. The van der Waals surface area contributed by atoms with Gasteiger partial charge in [-0.3, -0.25) is 10.2 Å². The van der Waals surface area contributed by atoms with Crippen LogP contribution in [0.25, 0.3) is 11.0 Å². The fourth-order valence-corrected chi connectivity index (χ4v) is 1.62. The van der Waals surface area contributed by atoms with Crippen LogP contribution in [-0.2, 0) is 0 Å². The number of nitrogens with two attached hydrogens (primary N) is 2. The molecule has 2 heterocycles. The van der Waals surface area contributed by atoms with Gasteiger partial charge in [-0.1, -0.05) is 0 Å². The number of nitrogen functional groups attached to an aromatic ring is 1. The molecule has 98 valence electrons. The van der Waals surface area contributed by atoms with Gasteiger partial charge < -0.3 is 21.8 Å². The Labute approximate surface area is 108 Å². The minimum atomic E-state index is -0.477. The van der Waals surface area contributed by atoms with Gasteiger partial charge in [0.2, 0.25) is 0 Å². The second-order valence-electron chi connectivity index (χ2n) is 3.94.